The minimum atomic E-state index is -4.97. The summed E-state index contributed by atoms with van der Waals surface area (Å²) in [7, 11) is 1.46. The first-order valence-electron chi connectivity index (χ1n) is 10.6. The number of ether oxygens (including phenoxy) is 3. The first-order valence-corrected chi connectivity index (χ1v) is 10.6. The third-order valence-corrected chi connectivity index (χ3v) is 5.51. The minimum absolute atomic E-state index is 0.0331. The van der Waals surface area contributed by atoms with E-state index in [1.807, 2.05) is 17.0 Å². The van der Waals surface area contributed by atoms with Gasteiger partial charge in [0, 0.05) is 19.3 Å². The zero-order chi connectivity index (χ0) is 24.6. The molecule has 3 heterocycles. The zero-order valence-corrected chi connectivity index (χ0v) is 18.5. The molecule has 5 rings (SSSR count). The lowest BCUT2D eigenvalue weighted by molar-refractivity contribution is -0.154. The van der Waals surface area contributed by atoms with Gasteiger partial charge < -0.3 is 18.6 Å². The molecule has 0 saturated heterocycles. The fourth-order valence-corrected chi connectivity index (χ4v) is 3.86. The molecule has 1 aliphatic rings. The molecule has 0 fully saturated rings. The number of alkyl halides is 3. The molecule has 0 aliphatic carbocycles. The van der Waals surface area contributed by atoms with E-state index < -0.39 is 23.1 Å². The Morgan fingerprint density at radius 2 is 1.83 bits per heavy atom. The molecule has 180 valence electrons. The van der Waals surface area contributed by atoms with Crippen LogP contribution < -0.4 is 19.6 Å². The van der Waals surface area contributed by atoms with Gasteiger partial charge in [-0.1, -0.05) is 6.07 Å². The van der Waals surface area contributed by atoms with Gasteiger partial charge in [-0.3, -0.25) is 14.7 Å². The zero-order valence-electron chi connectivity index (χ0n) is 18.5. The Morgan fingerprint density at radius 1 is 1.06 bits per heavy atom. The second kappa shape index (κ2) is 8.95. The van der Waals surface area contributed by atoms with Gasteiger partial charge in [0.1, 0.15) is 29.6 Å². The Hall–Kier alpha value is -4.05. The summed E-state index contributed by atoms with van der Waals surface area (Å²) in [5.74, 6) is -1.57. The van der Waals surface area contributed by atoms with Crippen LogP contribution in [0.25, 0.3) is 11.0 Å². The van der Waals surface area contributed by atoms with Crippen molar-refractivity contribution in [1.82, 2.24) is 9.88 Å². The topological polar surface area (TPSA) is 74.0 Å². The minimum Gasteiger partial charge on any atom is -0.497 e. The van der Waals surface area contributed by atoms with E-state index in [-0.39, 0.29) is 30.0 Å². The number of nitrogens with zero attached hydrogens (tertiary/aromatic N) is 2. The molecule has 0 N–H and O–H groups in total. The Kier molecular flexibility index (Phi) is 5.81. The van der Waals surface area contributed by atoms with Gasteiger partial charge in [0.25, 0.3) is 5.76 Å². The summed E-state index contributed by atoms with van der Waals surface area (Å²) in [5.41, 5.74) is 0.00217. The van der Waals surface area contributed by atoms with E-state index in [1.54, 1.807) is 18.3 Å². The first kappa shape index (κ1) is 22.7. The quantitative estimate of drug-likeness (QED) is 0.378. The van der Waals surface area contributed by atoms with E-state index >= 15 is 0 Å². The van der Waals surface area contributed by atoms with Crippen LogP contribution in [0.1, 0.15) is 17.0 Å². The number of hydrogen-bond acceptors (Lipinski definition) is 7. The molecule has 0 radical (unpaired) electrons. The summed E-state index contributed by atoms with van der Waals surface area (Å²) < 4.78 is 63.5. The summed E-state index contributed by atoms with van der Waals surface area (Å²) >= 11 is 0. The van der Waals surface area contributed by atoms with Gasteiger partial charge in [0.05, 0.1) is 23.8 Å². The molecule has 0 bridgehead atoms. The lowest BCUT2D eigenvalue weighted by Crippen LogP contribution is -2.32. The normalized spacial score (nSPS) is 13.8. The van der Waals surface area contributed by atoms with Gasteiger partial charge >= 0.3 is 6.18 Å². The molecule has 7 nitrogen and oxygen atoms in total. The van der Waals surface area contributed by atoms with Gasteiger partial charge in [-0.15, -0.1) is 0 Å². The number of pyridine rings is 1. The molecular formula is C25H19F3N2O5. The van der Waals surface area contributed by atoms with E-state index in [4.69, 9.17) is 18.6 Å². The maximum atomic E-state index is 14.0. The van der Waals surface area contributed by atoms with Crippen molar-refractivity contribution >= 4 is 11.0 Å². The lowest BCUT2D eigenvalue weighted by atomic mass is 10.1. The fraction of sp³-hybridized carbons (Fsp3) is 0.200. The van der Waals surface area contributed by atoms with Crippen LogP contribution in [0.3, 0.4) is 0 Å². The number of halogens is 3. The monoisotopic (exact) mass is 484 g/mol. The van der Waals surface area contributed by atoms with Gasteiger partial charge in [-0.05, 0) is 48.5 Å². The van der Waals surface area contributed by atoms with E-state index in [0.29, 0.717) is 23.6 Å². The van der Waals surface area contributed by atoms with Gasteiger partial charge in [0.15, 0.2) is 0 Å². The van der Waals surface area contributed by atoms with Crippen LogP contribution in [0.15, 0.2) is 70.0 Å². The van der Waals surface area contributed by atoms with Crippen molar-refractivity contribution < 1.29 is 31.8 Å². The highest BCUT2D eigenvalue weighted by molar-refractivity contribution is 5.83. The summed E-state index contributed by atoms with van der Waals surface area (Å²) in [6.07, 6.45) is -3.32. The standard InChI is InChI=1S/C25H19F3N2O5/c1-32-16-5-7-17(8-6-16)34-23-21(31)18-9-10-20-19(22(18)35-24(23)25(26,27)28)13-30(14-33-20)12-15-4-2-3-11-29-15/h2-11H,12-14H2,1H3. The van der Waals surface area contributed by atoms with Crippen molar-refractivity contribution in [2.45, 2.75) is 19.3 Å². The molecule has 1 aliphatic heterocycles. The predicted octanol–water partition coefficient (Wildman–Crippen LogP) is 5.36. The molecule has 2 aromatic heterocycles. The average Bonchev–Trinajstić information content (AvgIpc) is 2.85. The molecule has 0 saturated carbocycles. The van der Waals surface area contributed by atoms with Crippen LogP contribution >= 0.6 is 0 Å². The Morgan fingerprint density at radius 3 is 2.51 bits per heavy atom. The highest BCUT2D eigenvalue weighted by Crippen LogP contribution is 2.41. The van der Waals surface area contributed by atoms with Gasteiger partial charge in [0.2, 0.25) is 11.2 Å². The second-order valence-electron chi connectivity index (χ2n) is 7.87. The molecule has 0 atom stereocenters. The van der Waals surface area contributed by atoms with Crippen molar-refractivity contribution in [3.63, 3.8) is 0 Å². The van der Waals surface area contributed by atoms with Crippen molar-refractivity contribution in [3.8, 4) is 23.0 Å². The van der Waals surface area contributed by atoms with Crippen molar-refractivity contribution in [1.29, 1.82) is 0 Å². The summed E-state index contributed by atoms with van der Waals surface area (Å²) in [6.45, 7) is 0.831. The van der Waals surface area contributed by atoms with Crippen molar-refractivity contribution in [3.05, 3.63) is 88.0 Å². The molecule has 4 aromatic rings. The van der Waals surface area contributed by atoms with E-state index in [1.165, 1.54) is 37.4 Å². The van der Waals surface area contributed by atoms with Gasteiger partial charge in [-0.2, -0.15) is 13.2 Å². The Bertz CT molecular complexity index is 1420. The number of rotatable bonds is 5. The van der Waals surface area contributed by atoms with Crippen LogP contribution in [-0.2, 0) is 19.3 Å². The average molecular weight is 484 g/mol. The van der Waals surface area contributed by atoms with Crippen molar-refractivity contribution in [2.24, 2.45) is 0 Å². The Balaban J connectivity index is 1.58. The van der Waals surface area contributed by atoms with Crippen LogP contribution in [0.4, 0.5) is 13.2 Å². The highest BCUT2D eigenvalue weighted by atomic mass is 19.4. The molecule has 10 heteroatoms. The van der Waals surface area contributed by atoms with E-state index in [9.17, 15) is 18.0 Å². The van der Waals surface area contributed by atoms with Crippen molar-refractivity contribution in [2.75, 3.05) is 13.8 Å². The third kappa shape index (κ3) is 4.52. The van der Waals surface area contributed by atoms with Crippen LogP contribution in [0, 0.1) is 0 Å². The molecular weight excluding hydrogens is 465 g/mol. The smallest absolute Gasteiger partial charge is 0.453 e. The summed E-state index contributed by atoms with van der Waals surface area (Å²) in [6, 6.07) is 14.2. The first-order chi connectivity index (χ1) is 16.8. The number of aromatic nitrogens is 1. The highest BCUT2D eigenvalue weighted by Gasteiger charge is 2.41. The maximum absolute atomic E-state index is 14.0. The molecule has 0 unspecified atom stereocenters. The predicted molar refractivity (Wildman–Crippen MR) is 120 cm³/mol. The van der Waals surface area contributed by atoms with Crippen LogP contribution in [0.2, 0.25) is 0 Å². The number of fused-ring (bicyclic) bond motifs is 3. The largest absolute Gasteiger partial charge is 0.497 e. The molecule has 0 amide bonds. The number of hydrogen-bond donors (Lipinski definition) is 0. The third-order valence-electron chi connectivity index (χ3n) is 5.51. The molecule has 0 spiro atoms. The second-order valence-corrected chi connectivity index (χ2v) is 7.87. The number of benzene rings is 2. The van der Waals surface area contributed by atoms with E-state index in [0.717, 1.165) is 5.69 Å². The fourth-order valence-electron chi connectivity index (χ4n) is 3.86. The van der Waals surface area contributed by atoms with Crippen LogP contribution in [-0.4, -0.2) is 23.7 Å². The Labute approximate surface area is 197 Å². The molecule has 2 aromatic carbocycles. The summed E-state index contributed by atoms with van der Waals surface area (Å²) in [5, 5.41) is -0.0384. The molecule has 35 heavy (non-hydrogen) atoms. The SMILES string of the molecule is COc1ccc(Oc2c(C(F)(F)F)oc3c4c(ccc3c2=O)OCN(Cc2ccccn2)C4)cc1. The van der Waals surface area contributed by atoms with Crippen LogP contribution in [0.5, 0.6) is 23.0 Å². The van der Waals surface area contributed by atoms with Gasteiger partial charge in [-0.25, -0.2) is 0 Å². The van der Waals surface area contributed by atoms with E-state index in [2.05, 4.69) is 4.98 Å². The lowest BCUT2D eigenvalue weighted by Gasteiger charge is -2.29. The maximum Gasteiger partial charge on any atom is 0.453 e. The summed E-state index contributed by atoms with van der Waals surface area (Å²) in [4.78, 5) is 19.3. The number of methoxy groups -OCH3 is 1.